The summed E-state index contributed by atoms with van der Waals surface area (Å²) in [4.78, 5) is 55.2. The van der Waals surface area contributed by atoms with Crippen LogP contribution in [0.1, 0.15) is 148 Å². The van der Waals surface area contributed by atoms with E-state index in [9.17, 15) is 24.0 Å². The molecule has 266 valence electrons. The van der Waals surface area contributed by atoms with Crippen molar-refractivity contribution in [2.45, 2.75) is 148 Å². The van der Waals surface area contributed by atoms with Gasteiger partial charge in [0.2, 0.25) is 17.7 Å². The van der Waals surface area contributed by atoms with Gasteiger partial charge in [0.15, 0.2) is 0 Å². The SMILES string of the molecule is CCC(C)C(CC)C(C)=O.CCCC(C(C)=O)C(C)C.CCCC(CCC)C(=O)NCC(N)=O.CNC(=O)C1C(C)(C)C1(C)C. The Balaban J connectivity index is -0.000000528. The zero-order chi connectivity index (χ0) is 36.1. The van der Waals surface area contributed by atoms with Gasteiger partial charge in [0.05, 0.1) is 6.54 Å². The van der Waals surface area contributed by atoms with Crippen LogP contribution in [0.15, 0.2) is 0 Å². The van der Waals surface area contributed by atoms with Crippen LogP contribution in [-0.2, 0) is 24.0 Å². The predicted octanol–water partition coefficient (Wildman–Crippen LogP) is 7.51. The van der Waals surface area contributed by atoms with Gasteiger partial charge < -0.3 is 16.4 Å². The Morgan fingerprint density at radius 2 is 1.13 bits per heavy atom. The molecule has 1 fully saturated rings. The largest absolute Gasteiger partial charge is 0.368 e. The molecular formula is C37H73N3O5. The second-order valence-electron chi connectivity index (χ2n) is 14.2. The Morgan fingerprint density at radius 3 is 1.31 bits per heavy atom. The summed E-state index contributed by atoms with van der Waals surface area (Å²) in [6.45, 7) is 28.7. The van der Waals surface area contributed by atoms with Crippen molar-refractivity contribution < 1.29 is 24.0 Å². The highest BCUT2D eigenvalue weighted by atomic mass is 16.2. The van der Waals surface area contributed by atoms with Crippen LogP contribution in [0, 0.1) is 46.3 Å². The summed E-state index contributed by atoms with van der Waals surface area (Å²) in [5.74, 6) is 2.21. The van der Waals surface area contributed by atoms with Crippen molar-refractivity contribution in [1.29, 1.82) is 0 Å². The van der Waals surface area contributed by atoms with Crippen molar-refractivity contribution in [1.82, 2.24) is 10.6 Å². The number of Topliss-reactive ketones (excluding diaryl/α,β-unsaturated/α-hetero) is 2. The zero-order valence-electron chi connectivity index (χ0n) is 31.9. The maximum atomic E-state index is 11.5. The Kier molecular flexibility index (Phi) is 25.1. The Bertz CT molecular complexity index is 849. The first-order chi connectivity index (χ1) is 20.7. The second kappa shape index (κ2) is 24.0. The van der Waals surface area contributed by atoms with E-state index in [1.165, 1.54) is 0 Å². The van der Waals surface area contributed by atoms with E-state index in [0.717, 1.165) is 51.4 Å². The highest BCUT2D eigenvalue weighted by Gasteiger charge is 2.67. The third-order valence-corrected chi connectivity index (χ3v) is 9.83. The average Bonchev–Trinajstić information content (AvgIpc) is 3.37. The molecule has 1 rings (SSSR count). The van der Waals surface area contributed by atoms with Crippen LogP contribution >= 0.6 is 0 Å². The Labute approximate surface area is 277 Å². The number of carbonyl (C=O) groups is 5. The molecule has 1 saturated carbocycles. The molecule has 0 aromatic heterocycles. The van der Waals surface area contributed by atoms with E-state index in [-0.39, 0.29) is 41.0 Å². The molecule has 8 heteroatoms. The quantitative estimate of drug-likeness (QED) is 0.161. The highest BCUT2D eigenvalue weighted by molar-refractivity contribution is 5.85. The van der Waals surface area contributed by atoms with Gasteiger partial charge in [0, 0.05) is 30.7 Å². The van der Waals surface area contributed by atoms with Crippen LogP contribution in [0.25, 0.3) is 0 Å². The summed E-state index contributed by atoms with van der Waals surface area (Å²) in [6, 6.07) is 0. The summed E-state index contributed by atoms with van der Waals surface area (Å²) >= 11 is 0. The molecule has 8 nitrogen and oxygen atoms in total. The minimum absolute atomic E-state index is 0.0318. The number of carbonyl (C=O) groups excluding carboxylic acids is 5. The van der Waals surface area contributed by atoms with Crippen LogP contribution in [-0.4, -0.2) is 42.9 Å². The van der Waals surface area contributed by atoms with Crippen LogP contribution in [0.5, 0.6) is 0 Å². The second-order valence-corrected chi connectivity index (χ2v) is 14.2. The predicted molar refractivity (Wildman–Crippen MR) is 188 cm³/mol. The van der Waals surface area contributed by atoms with Crippen molar-refractivity contribution in [3.05, 3.63) is 0 Å². The normalized spacial score (nSPS) is 16.3. The summed E-state index contributed by atoms with van der Waals surface area (Å²) < 4.78 is 0. The lowest BCUT2D eigenvalue weighted by Gasteiger charge is -2.17. The molecule has 0 radical (unpaired) electrons. The number of amides is 3. The molecule has 0 saturated heterocycles. The highest BCUT2D eigenvalue weighted by Crippen LogP contribution is 2.68. The number of nitrogens with two attached hydrogens (primary N) is 1. The van der Waals surface area contributed by atoms with Gasteiger partial charge in [-0.25, -0.2) is 0 Å². The van der Waals surface area contributed by atoms with E-state index in [4.69, 9.17) is 5.73 Å². The van der Waals surface area contributed by atoms with E-state index >= 15 is 0 Å². The molecule has 1 aliphatic carbocycles. The first-order valence-corrected chi connectivity index (χ1v) is 17.5. The Morgan fingerprint density at radius 1 is 0.711 bits per heavy atom. The fourth-order valence-corrected chi connectivity index (χ4v) is 6.11. The monoisotopic (exact) mass is 640 g/mol. The number of hydrogen-bond donors (Lipinski definition) is 3. The maximum Gasteiger partial charge on any atom is 0.236 e. The average molecular weight is 640 g/mol. The van der Waals surface area contributed by atoms with Gasteiger partial charge in [0.25, 0.3) is 0 Å². The molecular weight excluding hydrogens is 566 g/mol. The smallest absolute Gasteiger partial charge is 0.236 e. The molecule has 4 N–H and O–H groups in total. The minimum Gasteiger partial charge on any atom is -0.368 e. The zero-order valence-corrected chi connectivity index (χ0v) is 31.9. The number of nitrogens with one attached hydrogen (secondary N) is 2. The number of ketones is 2. The summed E-state index contributed by atoms with van der Waals surface area (Å²) in [7, 11) is 1.70. The number of primary amides is 1. The fourth-order valence-electron chi connectivity index (χ4n) is 6.11. The topological polar surface area (TPSA) is 135 Å². The van der Waals surface area contributed by atoms with E-state index in [1.807, 2.05) is 13.8 Å². The van der Waals surface area contributed by atoms with Crippen molar-refractivity contribution in [2.24, 2.45) is 52.1 Å². The van der Waals surface area contributed by atoms with E-state index in [2.05, 4.69) is 79.9 Å². The lowest BCUT2D eigenvalue weighted by molar-refractivity contribution is -0.128. The third-order valence-electron chi connectivity index (χ3n) is 9.83. The van der Waals surface area contributed by atoms with Gasteiger partial charge in [-0.05, 0) is 62.2 Å². The first kappa shape index (κ1) is 47.2. The van der Waals surface area contributed by atoms with Crippen LogP contribution in [0.2, 0.25) is 0 Å². The van der Waals surface area contributed by atoms with Gasteiger partial charge in [-0.1, -0.05) is 109 Å². The molecule has 0 aromatic rings. The molecule has 0 aliphatic heterocycles. The molecule has 45 heavy (non-hydrogen) atoms. The molecule has 0 aromatic carbocycles. The molecule has 3 unspecified atom stereocenters. The van der Waals surface area contributed by atoms with Gasteiger partial charge in [-0.2, -0.15) is 0 Å². The summed E-state index contributed by atoms with van der Waals surface area (Å²) in [5.41, 5.74) is 5.28. The van der Waals surface area contributed by atoms with Gasteiger partial charge in [-0.3, -0.25) is 24.0 Å². The van der Waals surface area contributed by atoms with Crippen molar-refractivity contribution in [3.8, 4) is 0 Å². The standard InChI is InChI=1S/C10H20N2O2.C9H17NO.2C9H18O/c1-3-5-8(6-4-2)10(14)12-7-9(11)13;1-8(2)6(7(11)10-5)9(8,3)4;1-5-6-9(7(2)3)8(4)10;1-5-7(3)9(6-2)8(4)10/h8H,3-7H2,1-2H3,(H2,11,13)(H,12,14);6H,1-5H3,(H,10,11);2*7,9H,5-6H2,1-4H3. The van der Waals surface area contributed by atoms with Gasteiger partial charge >= 0.3 is 0 Å². The lowest BCUT2D eigenvalue weighted by atomic mass is 9.87. The molecule has 3 atom stereocenters. The van der Waals surface area contributed by atoms with Crippen molar-refractivity contribution >= 4 is 29.3 Å². The van der Waals surface area contributed by atoms with E-state index in [1.54, 1.807) is 20.9 Å². The summed E-state index contributed by atoms with van der Waals surface area (Å²) in [5, 5.41) is 5.24. The molecule has 0 heterocycles. The van der Waals surface area contributed by atoms with Crippen molar-refractivity contribution in [2.75, 3.05) is 13.6 Å². The number of hydrogen-bond acceptors (Lipinski definition) is 5. The van der Waals surface area contributed by atoms with E-state index < -0.39 is 5.91 Å². The minimum atomic E-state index is -0.495. The van der Waals surface area contributed by atoms with Gasteiger partial charge in [-0.15, -0.1) is 0 Å². The van der Waals surface area contributed by atoms with Crippen LogP contribution in [0.4, 0.5) is 0 Å². The molecule has 1 aliphatic rings. The lowest BCUT2D eigenvalue weighted by Crippen LogP contribution is -2.37. The summed E-state index contributed by atoms with van der Waals surface area (Å²) in [6.07, 6.45) is 7.97. The fraction of sp³-hybridized carbons (Fsp3) is 0.865. The van der Waals surface area contributed by atoms with E-state index in [0.29, 0.717) is 35.2 Å². The third kappa shape index (κ3) is 17.9. The van der Waals surface area contributed by atoms with Crippen molar-refractivity contribution in [3.63, 3.8) is 0 Å². The first-order valence-electron chi connectivity index (χ1n) is 17.5. The molecule has 3 amide bonds. The van der Waals surface area contributed by atoms with Crippen LogP contribution in [0.3, 0.4) is 0 Å². The maximum absolute atomic E-state index is 11.5. The van der Waals surface area contributed by atoms with Gasteiger partial charge in [0.1, 0.15) is 11.6 Å². The molecule has 0 spiro atoms. The Hall–Kier alpha value is -2.25. The van der Waals surface area contributed by atoms with Crippen LogP contribution < -0.4 is 16.4 Å². The number of rotatable bonds is 16. The molecule has 0 bridgehead atoms.